The van der Waals surface area contributed by atoms with Crippen molar-refractivity contribution in [2.75, 3.05) is 6.79 Å². The Morgan fingerprint density at radius 3 is 2.77 bits per heavy atom. The van der Waals surface area contributed by atoms with Gasteiger partial charge in [-0.25, -0.2) is 4.98 Å². The number of ether oxygens (including phenoxy) is 3. The van der Waals surface area contributed by atoms with Crippen LogP contribution in [0, 0.1) is 0 Å². The smallest absolute Gasteiger partial charge is 0.231 e. The fraction of sp³-hybridized carbons (Fsp3) is 0.320. The molecule has 2 aliphatic rings. The molecule has 0 saturated carbocycles. The summed E-state index contributed by atoms with van der Waals surface area (Å²) in [5.74, 6) is 3.71. The first kappa shape index (κ1) is 19.5. The number of aromatic nitrogens is 1. The van der Waals surface area contributed by atoms with Crippen molar-refractivity contribution in [3.8, 4) is 28.7 Å². The quantitative estimate of drug-likeness (QED) is 0.651. The summed E-state index contributed by atoms with van der Waals surface area (Å²) < 4.78 is 23.3. The zero-order valence-corrected chi connectivity index (χ0v) is 18.0. The Balaban J connectivity index is 1.38. The second-order valence-corrected chi connectivity index (χ2v) is 8.91. The molecule has 0 amide bonds. The monoisotopic (exact) mass is 418 g/mol. The van der Waals surface area contributed by atoms with Gasteiger partial charge in [-0.15, -0.1) is 0 Å². The highest BCUT2D eigenvalue weighted by Gasteiger charge is 2.27. The van der Waals surface area contributed by atoms with Crippen molar-refractivity contribution in [3.05, 3.63) is 71.8 Å². The zero-order valence-electron chi connectivity index (χ0n) is 18.0. The molecule has 1 unspecified atom stereocenters. The topological polar surface area (TPSA) is 65.8 Å². The lowest BCUT2D eigenvalue weighted by atomic mass is 9.94. The van der Waals surface area contributed by atoms with Gasteiger partial charge in [0.25, 0.3) is 0 Å². The number of hydrogen-bond donors (Lipinski definition) is 1. The van der Waals surface area contributed by atoms with Crippen molar-refractivity contribution in [3.63, 3.8) is 0 Å². The molecule has 0 aliphatic carbocycles. The Bertz CT molecular complexity index is 1130. The first-order valence-electron chi connectivity index (χ1n) is 10.5. The molecule has 6 heteroatoms. The summed E-state index contributed by atoms with van der Waals surface area (Å²) in [6.45, 7) is 6.67. The van der Waals surface area contributed by atoms with Gasteiger partial charge in [-0.05, 0) is 56.2 Å². The number of hydrogen-bond acceptors (Lipinski definition) is 6. The maximum absolute atomic E-state index is 6.36. The Morgan fingerprint density at radius 1 is 1.06 bits per heavy atom. The maximum Gasteiger partial charge on any atom is 0.231 e. The van der Waals surface area contributed by atoms with Crippen molar-refractivity contribution in [1.29, 1.82) is 0 Å². The van der Waals surface area contributed by atoms with E-state index in [0.29, 0.717) is 18.1 Å². The van der Waals surface area contributed by atoms with Gasteiger partial charge in [0, 0.05) is 30.1 Å². The fourth-order valence-electron chi connectivity index (χ4n) is 3.70. The van der Waals surface area contributed by atoms with E-state index in [-0.39, 0.29) is 18.4 Å². The second-order valence-electron chi connectivity index (χ2n) is 8.91. The predicted octanol–water partition coefficient (Wildman–Crippen LogP) is 4.89. The molecule has 1 aromatic heterocycles. The lowest BCUT2D eigenvalue weighted by Crippen LogP contribution is -2.35. The van der Waals surface area contributed by atoms with Crippen LogP contribution in [0.25, 0.3) is 11.5 Å². The molecule has 3 heterocycles. The highest BCUT2D eigenvalue weighted by molar-refractivity contribution is 5.60. The molecule has 3 aromatic rings. The normalized spacial score (nSPS) is 18.5. The molecule has 5 rings (SSSR count). The molecule has 2 aliphatic heterocycles. The second kappa shape index (κ2) is 7.69. The van der Waals surface area contributed by atoms with Crippen molar-refractivity contribution in [2.45, 2.75) is 45.3 Å². The van der Waals surface area contributed by atoms with Gasteiger partial charge in [0.2, 0.25) is 12.7 Å². The van der Waals surface area contributed by atoms with Gasteiger partial charge >= 0.3 is 0 Å². The van der Waals surface area contributed by atoms with Crippen LogP contribution in [0.1, 0.15) is 32.1 Å². The number of para-hydroxylation sites is 1. The molecule has 0 saturated heterocycles. The average molecular weight is 418 g/mol. The van der Waals surface area contributed by atoms with Crippen LogP contribution >= 0.6 is 0 Å². The highest BCUT2D eigenvalue weighted by Crippen LogP contribution is 2.36. The van der Waals surface area contributed by atoms with Crippen LogP contribution in [0.4, 0.5) is 0 Å². The molecule has 1 N–H and O–H groups in total. The number of nitrogens with one attached hydrogen (secondary N) is 1. The van der Waals surface area contributed by atoms with Crippen LogP contribution in [0.5, 0.6) is 17.2 Å². The third-order valence-corrected chi connectivity index (χ3v) is 5.30. The molecule has 6 nitrogen and oxygen atoms in total. The molecule has 1 atom stereocenters. The molecule has 0 radical (unpaired) electrons. The summed E-state index contributed by atoms with van der Waals surface area (Å²) in [5.41, 5.74) is 3.22. The summed E-state index contributed by atoms with van der Waals surface area (Å²) >= 11 is 0. The minimum absolute atomic E-state index is 0.0206. The number of oxazole rings is 1. The van der Waals surface area contributed by atoms with Crippen molar-refractivity contribution < 1.29 is 18.6 Å². The van der Waals surface area contributed by atoms with Crippen molar-refractivity contribution in [2.24, 2.45) is 0 Å². The standard InChI is InChI=1S/C25H26N2O4/c1-25(2,3)27-13-18-10-16-6-4-5-7-20(16)31-22(18)12-19-14-26-24(30-19)17-8-9-21-23(11-17)29-15-28-21/h4-9,11,13-14,22,27H,10,12,15H2,1-3H3/b18-13-. The van der Waals surface area contributed by atoms with Crippen molar-refractivity contribution in [1.82, 2.24) is 10.3 Å². The number of fused-ring (bicyclic) bond motifs is 2. The average Bonchev–Trinajstić information content (AvgIpc) is 3.40. The van der Waals surface area contributed by atoms with Gasteiger partial charge in [0.15, 0.2) is 11.5 Å². The Kier molecular flexibility index (Phi) is 4.85. The number of nitrogens with zero attached hydrogens (tertiary/aromatic N) is 1. The van der Waals surface area contributed by atoms with Crippen molar-refractivity contribution >= 4 is 0 Å². The lowest BCUT2D eigenvalue weighted by molar-refractivity contribution is 0.174. The number of benzene rings is 2. The van der Waals surface area contributed by atoms with Gasteiger partial charge < -0.3 is 23.9 Å². The molecule has 0 spiro atoms. The Hall–Kier alpha value is -3.41. The Morgan fingerprint density at radius 2 is 1.90 bits per heavy atom. The SMILES string of the molecule is CC(C)(C)N/C=C1/Cc2ccccc2OC1Cc1cnc(-c2ccc3c(c2)OCO3)o1. The van der Waals surface area contributed by atoms with E-state index in [1.54, 1.807) is 6.20 Å². The van der Waals surface area contributed by atoms with E-state index in [1.807, 2.05) is 36.4 Å². The summed E-state index contributed by atoms with van der Waals surface area (Å²) in [4.78, 5) is 4.48. The van der Waals surface area contributed by atoms with Crippen LogP contribution in [-0.4, -0.2) is 23.4 Å². The lowest BCUT2D eigenvalue weighted by Gasteiger charge is -2.30. The van der Waals surface area contributed by atoms with Crippen LogP contribution < -0.4 is 19.5 Å². The highest BCUT2D eigenvalue weighted by atomic mass is 16.7. The van der Waals surface area contributed by atoms with E-state index in [9.17, 15) is 0 Å². The first-order chi connectivity index (χ1) is 14.9. The van der Waals surface area contributed by atoms with E-state index >= 15 is 0 Å². The molecule has 160 valence electrons. The summed E-state index contributed by atoms with van der Waals surface area (Å²) in [5, 5.41) is 3.48. The Labute approximate surface area is 181 Å². The minimum Gasteiger partial charge on any atom is -0.485 e. The van der Waals surface area contributed by atoms with Crippen LogP contribution in [0.15, 0.2) is 64.9 Å². The van der Waals surface area contributed by atoms with Crippen LogP contribution in [-0.2, 0) is 12.8 Å². The molecule has 0 bridgehead atoms. The van der Waals surface area contributed by atoms with E-state index in [0.717, 1.165) is 29.2 Å². The molecule has 2 aromatic carbocycles. The van der Waals surface area contributed by atoms with Gasteiger partial charge in [-0.2, -0.15) is 0 Å². The minimum atomic E-state index is -0.123. The van der Waals surface area contributed by atoms with Gasteiger partial charge in [-0.1, -0.05) is 18.2 Å². The molecule has 31 heavy (non-hydrogen) atoms. The molecular formula is C25H26N2O4. The number of rotatable bonds is 4. The van der Waals surface area contributed by atoms with Crippen LogP contribution in [0.2, 0.25) is 0 Å². The van der Waals surface area contributed by atoms with Crippen LogP contribution in [0.3, 0.4) is 0 Å². The largest absolute Gasteiger partial charge is 0.485 e. The van der Waals surface area contributed by atoms with Gasteiger partial charge in [-0.3, -0.25) is 0 Å². The molecule has 0 fully saturated rings. The maximum atomic E-state index is 6.36. The van der Waals surface area contributed by atoms with E-state index in [1.165, 1.54) is 11.1 Å². The molecular weight excluding hydrogens is 392 g/mol. The van der Waals surface area contributed by atoms with E-state index in [4.69, 9.17) is 18.6 Å². The fourth-order valence-corrected chi connectivity index (χ4v) is 3.70. The summed E-state index contributed by atoms with van der Waals surface area (Å²) in [6.07, 6.45) is 5.19. The van der Waals surface area contributed by atoms with Gasteiger partial charge in [0.05, 0.1) is 6.20 Å². The first-order valence-corrected chi connectivity index (χ1v) is 10.5. The van der Waals surface area contributed by atoms with Gasteiger partial charge in [0.1, 0.15) is 17.6 Å². The third kappa shape index (κ3) is 4.24. The predicted molar refractivity (Wildman–Crippen MR) is 117 cm³/mol. The third-order valence-electron chi connectivity index (χ3n) is 5.30. The zero-order chi connectivity index (χ0) is 21.4. The summed E-state index contributed by atoms with van der Waals surface area (Å²) in [7, 11) is 0. The van der Waals surface area contributed by atoms with E-state index in [2.05, 4.69) is 43.3 Å². The summed E-state index contributed by atoms with van der Waals surface area (Å²) in [6, 6.07) is 13.9. The van der Waals surface area contributed by atoms with E-state index < -0.39 is 0 Å².